The summed E-state index contributed by atoms with van der Waals surface area (Å²) in [7, 11) is 1.68. The molecule has 2 heterocycles. The van der Waals surface area contributed by atoms with E-state index in [1.54, 1.807) is 7.11 Å². The van der Waals surface area contributed by atoms with Crippen LogP contribution in [0.15, 0.2) is 0 Å². The van der Waals surface area contributed by atoms with Gasteiger partial charge in [-0.2, -0.15) is 0 Å². The number of nitrogens with one attached hydrogen (secondary N) is 1. The van der Waals surface area contributed by atoms with Gasteiger partial charge in [-0.15, -0.1) is 0 Å². The summed E-state index contributed by atoms with van der Waals surface area (Å²) in [6, 6.07) is 1.31. The predicted octanol–water partition coefficient (Wildman–Crippen LogP) is 0.482. The van der Waals surface area contributed by atoms with Gasteiger partial charge in [-0.05, 0) is 39.0 Å². The monoisotopic (exact) mass is 269 g/mol. The van der Waals surface area contributed by atoms with Gasteiger partial charge in [-0.25, -0.2) is 0 Å². The number of methoxy groups -OCH3 is 1. The Morgan fingerprint density at radius 2 is 2.05 bits per heavy atom. The molecule has 19 heavy (non-hydrogen) atoms. The molecule has 2 aliphatic rings. The maximum atomic E-state index is 12.2. The van der Waals surface area contributed by atoms with Gasteiger partial charge in [0, 0.05) is 38.4 Å². The molecule has 2 saturated heterocycles. The maximum absolute atomic E-state index is 12.2. The lowest BCUT2D eigenvalue weighted by molar-refractivity contribution is -0.127. The third kappa shape index (κ3) is 3.46. The van der Waals surface area contributed by atoms with Crippen LogP contribution in [-0.4, -0.2) is 55.2 Å². The van der Waals surface area contributed by atoms with Crippen molar-refractivity contribution in [1.82, 2.24) is 10.2 Å². The van der Waals surface area contributed by atoms with Crippen LogP contribution in [0.5, 0.6) is 0 Å². The summed E-state index contributed by atoms with van der Waals surface area (Å²) < 4.78 is 4.98. The number of nitrogens with two attached hydrogens (primary N) is 1. The molecule has 0 aliphatic carbocycles. The first-order chi connectivity index (χ1) is 9.13. The average molecular weight is 269 g/mol. The molecule has 2 fully saturated rings. The molecule has 5 heteroatoms. The van der Waals surface area contributed by atoms with Crippen LogP contribution in [0.4, 0.5) is 0 Å². The second-order valence-corrected chi connectivity index (χ2v) is 5.88. The summed E-state index contributed by atoms with van der Waals surface area (Å²) in [4.78, 5) is 14.6. The number of rotatable bonds is 6. The molecule has 2 rings (SSSR count). The van der Waals surface area contributed by atoms with E-state index in [1.165, 1.54) is 12.8 Å². The number of fused-ring (bicyclic) bond motifs is 2. The first-order valence-corrected chi connectivity index (χ1v) is 7.43. The number of nitrogens with zero attached hydrogens (tertiary/aromatic N) is 1. The Labute approximate surface area is 115 Å². The second-order valence-electron chi connectivity index (χ2n) is 5.88. The smallest absolute Gasteiger partial charge is 0.237 e. The van der Waals surface area contributed by atoms with Crippen molar-refractivity contribution in [3.8, 4) is 0 Å². The van der Waals surface area contributed by atoms with Gasteiger partial charge in [-0.3, -0.25) is 9.69 Å². The molecule has 0 aromatic heterocycles. The Morgan fingerprint density at radius 1 is 1.42 bits per heavy atom. The van der Waals surface area contributed by atoms with E-state index in [0.717, 1.165) is 19.3 Å². The molecule has 0 aromatic rings. The van der Waals surface area contributed by atoms with Crippen LogP contribution in [0.3, 0.4) is 0 Å². The number of carbonyl (C=O) groups excluding carboxylic acids is 1. The summed E-state index contributed by atoms with van der Waals surface area (Å²) in [5.74, 6) is 0.142. The number of amides is 1. The molecule has 0 aromatic carbocycles. The van der Waals surface area contributed by atoms with Crippen molar-refractivity contribution >= 4 is 5.91 Å². The molecule has 0 radical (unpaired) electrons. The Kier molecular flexibility index (Phi) is 5.19. The fourth-order valence-electron chi connectivity index (χ4n) is 3.60. The molecule has 2 bridgehead atoms. The highest BCUT2D eigenvalue weighted by molar-refractivity contribution is 5.81. The minimum atomic E-state index is -0.0347. The summed E-state index contributed by atoms with van der Waals surface area (Å²) >= 11 is 0. The first-order valence-electron chi connectivity index (χ1n) is 7.43. The molecule has 110 valence electrons. The number of piperidine rings is 1. The van der Waals surface area contributed by atoms with Crippen LogP contribution in [0.1, 0.15) is 39.0 Å². The van der Waals surface area contributed by atoms with Gasteiger partial charge >= 0.3 is 0 Å². The van der Waals surface area contributed by atoms with Gasteiger partial charge in [0.05, 0.1) is 6.04 Å². The lowest BCUT2D eigenvalue weighted by Crippen LogP contribution is -2.55. The summed E-state index contributed by atoms with van der Waals surface area (Å²) in [6.45, 7) is 3.41. The van der Waals surface area contributed by atoms with Crippen molar-refractivity contribution in [2.45, 2.75) is 63.2 Å². The van der Waals surface area contributed by atoms with Crippen molar-refractivity contribution in [3.63, 3.8) is 0 Å². The van der Waals surface area contributed by atoms with E-state index in [9.17, 15) is 4.79 Å². The predicted molar refractivity (Wildman–Crippen MR) is 74.8 cm³/mol. The van der Waals surface area contributed by atoms with Crippen molar-refractivity contribution < 1.29 is 9.53 Å². The number of hydrogen-bond donors (Lipinski definition) is 2. The molecule has 0 spiro atoms. The zero-order chi connectivity index (χ0) is 13.8. The van der Waals surface area contributed by atoms with E-state index >= 15 is 0 Å². The SMILES string of the molecule is COCCCNC(=O)C(C)N1C2CCC1CC(N)C2. The second kappa shape index (κ2) is 6.68. The van der Waals surface area contributed by atoms with Crippen LogP contribution in [0, 0.1) is 0 Å². The van der Waals surface area contributed by atoms with Gasteiger partial charge in [-0.1, -0.05) is 0 Å². The van der Waals surface area contributed by atoms with E-state index in [-0.39, 0.29) is 11.9 Å². The lowest BCUT2D eigenvalue weighted by Gasteiger charge is -2.40. The van der Waals surface area contributed by atoms with Crippen molar-refractivity contribution in [1.29, 1.82) is 0 Å². The highest BCUT2D eigenvalue weighted by atomic mass is 16.5. The fourth-order valence-corrected chi connectivity index (χ4v) is 3.60. The molecular formula is C14H27N3O2. The van der Waals surface area contributed by atoms with Crippen LogP contribution in [-0.2, 0) is 9.53 Å². The van der Waals surface area contributed by atoms with Gasteiger partial charge in [0.25, 0.3) is 0 Å². The van der Waals surface area contributed by atoms with Crippen LogP contribution in [0.2, 0.25) is 0 Å². The van der Waals surface area contributed by atoms with Crippen LogP contribution < -0.4 is 11.1 Å². The largest absolute Gasteiger partial charge is 0.385 e. The minimum absolute atomic E-state index is 0.0347. The molecular weight excluding hydrogens is 242 g/mol. The topological polar surface area (TPSA) is 67.6 Å². The molecule has 0 saturated carbocycles. The van der Waals surface area contributed by atoms with E-state index in [2.05, 4.69) is 10.2 Å². The fraction of sp³-hybridized carbons (Fsp3) is 0.929. The summed E-state index contributed by atoms with van der Waals surface area (Å²) in [6.07, 6.45) is 5.33. The van der Waals surface area contributed by atoms with Crippen LogP contribution in [0.25, 0.3) is 0 Å². The maximum Gasteiger partial charge on any atom is 0.237 e. The number of hydrogen-bond acceptors (Lipinski definition) is 4. The Morgan fingerprint density at radius 3 is 2.63 bits per heavy atom. The molecule has 1 amide bonds. The normalized spacial score (nSPS) is 32.3. The summed E-state index contributed by atoms with van der Waals surface area (Å²) in [5, 5.41) is 3.00. The van der Waals surface area contributed by atoms with Crippen molar-refractivity contribution in [2.75, 3.05) is 20.3 Å². The quantitative estimate of drug-likeness (QED) is 0.688. The highest BCUT2D eigenvalue weighted by Crippen LogP contribution is 2.36. The molecule has 5 nitrogen and oxygen atoms in total. The first kappa shape index (κ1) is 14.8. The zero-order valence-electron chi connectivity index (χ0n) is 12.1. The third-order valence-corrected chi connectivity index (χ3v) is 4.48. The van der Waals surface area contributed by atoms with Gasteiger partial charge in [0.15, 0.2) is 0 Å². The van der Waals surface area contributed by atoms with Gasteiger partial charge < -0.3 is 15.8 Å². The zero-order valence-corrected chi connectivity index (χ0v) is 12.1. The van der Waals surface area contributed by atoms with E-state index < -0.39 is 0 Å². The van der Waals surface area contributed by atoms with E-state index in [4.69, 9.17) is 10.5 Å². The average Bonchev–Trinajstić information content (AvgIpc) is 2.65. The Balaban J connectivity index is 1.82. The highest BCUT2D eigenvalue weighted by Gasteiger charge is 2.43. The van der Waals surface area contributed by atoms with Gasteiger partial charge in [0.1, 0.15) is 0 Å². The summed E-state index contributed by atoms with van der Waals surface area (Å²) in [5.41, 5.74) is 6.07. The van der Waals surface area contributed by atoms with Gasteiger partial charge in [0.2, 0.25) is 5.91 Å². The van der Waals surface area contributed by atoms with Crippen LogP contribution >= 0.6 is 0 Å². The molecule has 3 atom stereocenters. The third-order valence-electron chi connectivity index (χ3n) is 4.48. The number of ether oxygens (including phenoxy) is 1. The van der Waals surface area contributed by atoms with Crippen molar-refractivity contribution in [2.24, 2.45) is 5.73 Å². The lowest BCUT2D eigenvalue weighted by atomic mass is 9.96. The van der Waals surface area contributed by atoms with E-state index in [0.29, 0.717) is 31.3 Å². The van der Waals surface area contributed by atoms with Crippen molar-refractivity contribution in [3.05, 3.63) is 0 Å². The molecule has 2 aliphatic heterocycles. The molecule has 3 N–H and O–H groups in total. The Hall–Kier alpha value is -0.650. The number of carbonyl (C=O) groups is 1. The Bertz CT molecular complexity index is 297. The minimum Gasteiger partial charge on any atom is -0.385 e. The van der Waals surface area contributed by atoms with E-state index in [1.807, 2.05) is 6.92 Å². The standard InChI is InChI=1S/C14H27N3O2/c1-10(14(18)16-6-3-7-19-2)17-12-4-5-13(17)9-11(15)8-12/h10-13H,3-9,15H2,1-2H3,(H,16,18). The molecule has 3 unspecified atom stereocenters.